The number of carbonyl (C=O) groups is 1. The predicted molar refractivity (Wildman–Crippen MR) is 109 cm³/mol. The van der Waals surface area contributed by atoms with Crippen LogP contribution in [-0.2, 0) is 17.3 Å². The smallest absolute Gasteiger partial charge is 0.406 e. The number of aromatic nitrogens is 1. The van der Waals surface area contributed by atoms with E-state index in [1.54, 1.807) is 28.8 Å². The molecule has 0 radical (unpaired) electrons. The monoisotopic (exact) mass is 456 g/mol. The molecule has 0 aliphatic heterocycles. The molecule has 30 heavy (non-hydrogen) atoms. The van der Waals surface area contributed by atoms with Crippen LogP contribution in [0.5, 0.6) is 5.75 Å². The van der Waals surface area contributed by atoms with Gasteiger partial charge in [0.15, 0.2) is 10.6 Å². The molecule has 1 heterocycles. The van der Waals surface area contributed by atoms with Gasteiger partial charge in [-0.15, -0.1) is 13.2 Å². The summed E-state index contributed by atoms with van der Waals surface area (Å²) in [5.74, 6) is -0.0710. The Bertz CT molecular complexity index is 1130. The number of Topliss-reactive ketones (excluding diaryl/α,β-unsaturated/α-hetero) is 1. The largest absolute Gasteiger partial charge is 0.573 e. The maximum absolute atomic E-state index is 12.6. The first-order chi connectivity index (χ1) is 14.2. The molecule has 0 amide bonds. The van der Waals surface area contributed by atoms with Gasteiger partial charge in [-0.1, -0.05) is 30.4 Å². The van der Waals surface area contributed by atoms with E-state index >= 15 is 0 Å². The maximum atomic E-state index is 12.6. The van der Waals surface area contributed by atoms with Gasteiger partial charge in [-0.3, -0.25) is 14.4 Å². The van der Waals surface area contributed by atoms with Crippen molar-refractivity contribution in [2.75, 3.05) is 5.75 Å². The average Bonchev–Trinajstić information content (AvgIpc) is 2.99. The highest BCUT2D eigenvalue weighted by atomic mass is 32.2. The SMILES string of the molecule is CCCC(=O)c1ccc(S(=O)CCn2c(=N)sc3cc(OC(F)(F)F)ccc32)cc1. The molecule has 160 valence electrons. The molecule has 0 fully saturated rings. The van der Waals surface area contributed by atoms with Crippen molar-refractivity contribution in [3.8, 4) is 5.75 Å². The second-order valence-corrected chi connectivity index (χ2v) is 9.08. The summed E-state index contributed by atoms with van der Waals surface area (Å²) in [6, 6.07) is 10.6. The third-order valence-corrected chi connectivity index (χ3v) is 6.64. The zero-order valence-electron chi connectivity index (χ0n) is 16.0. The van der Waals surface area contributed by atoms with E-state index in [2.05, 4.69) is 4.74 Å². The highest BCUT2D eigenvalue weighted by Crippen LogP contribution is 2.28. The zero-order valence-corrected chi connectivity index (χ0v) is 17.6. The first-order valence-corrected chi connectivity index (χ1v) is 11.3. The van der Waals surface area contributed by atoms with E-state index in [-0.39, 0.29) is 28.6 Å². The Labute approximate surface area is 177 Å². The lowest BCUT2D eigenvalue weighted by molar-refractivity contribution is -0.274. The summed E-state index contributed by atoms with van der Waals surface area (Å²) >= 11 is 1.02. The highest BCUT2D eigenvalue weighted by Gasteiger charge is 2.31. The van der Waals surface area contributed by atoms with Crippen molar-refractivity contribution >= 4 is 38.1 Å². The van der Waals surface area contributed by atoms with Crippen molar-refractivity contribution < 1.29 is 26.9 Å². The summed E-state index contributed by atoms with van der Waals surface area (Å²) in [7, 11) is -1.35. The lowest BCUT2D eigenvalue weighted by Gasteiger charge is -2.09. The number of fused-ring (bicyclic) bond motifs is 1. The Hall–Kier alpha value is -2.46. The highest BCUT2D eigenvalue weighted by molar-refractivity contribution is 7.85. The summed E-state index contributed by atoms with van der Waals surface area (Å²) in [6.07, 6.45) is -3.55. The second kappa shape index (κ2) is 9.13. The second-order valence-electron chi connectivity index (χ2n) is 6.48. The molecule has 0 saturated carbocycles. The van der Waals surface area contributed by atoms with E-state index in [0.29, 0.717) is 27.1 Å². The van der Waals surface area contributed by atoms with Gasteiger partial charge in [0.05, 0.1) is 21.0 Å². The molecule has 3 rings (SSSR count). The number of alkyl halides is 3. The van der Waals surface area contributed by atoms with Crippen molar-refractivity contribution in [1.82, 2.24) is 4.57 Å². The molecule has 1 atom stereocenters. The van der Waals surface area contributed by atoms with Crippen LogP contribution in [0.25, 0.3) is 10.2 Å². The van der Waals surface area contributed by atoms with Crippen molar-refractivity contribution in [1.29, 1.82) is 5.41 Å². The van der Waals surface area contributed by atoms with Crippen LogP contribution in [0.15, 0.2) is 47.4 Å². The molecular formula is C20H19F3N2O3S2. The van der Waals surface area contributed by atoms with Crippen LogP contribution in [-0.4, -0.2) is 26.7 Å². The molecule has 2 aromatic carbocycles. The van der Waals surface area contributed by atoms with Crippen molar-refractivity contribution in [3.63, 3.8) is 0 Å². The number of benzene rings is 2. The lowest BCUT2D eigenvalue weighted by atomic mass is 10.1. The molecule has 0 saturated heterocycles. The van der Waals surface area contributed by atoms with Crippen molar-refractivity contribution in [2.24, 2.45) is 0 Å². The molecule has 1 N–H and O–H groups in total. The number of nitrogens with one attached hydrogen (secondary N) is 1. The summed E-state index contributed by atoms with van der Waals surface area (Å²) in [5.41, 5.74) is 1.16. The van der Waals surface area contributed by atoms with Gasteiger partial charge in [-0.25, -0.2) is 0 Å². The zero-order chi connectivity index (χ0) is 21.9. The first kappa shape index (κ1) is 22.2. The van der Waals surface area contributed by atoms with E-state index in [0.717, 1.165) is 17.8 Å². The number of hydrogen-bond acceptors (Lipinski definition) is 5. The normalized spacial score (nSPS) is 12.8. The Balaban J connectivity index is 1.72. The van der Waals surface area contributed by atoms with E-state index in [4.69, 9.17) is 5.41 Å². The number of hydrogen-bond donors (Lipinski definition) is 1. The molecule has 5 nitrogen and oxygen atoms in total. The Morgan fingerprint density at radius 3 is 2.53 bits per heavy atom. The fourth-order valence-electron chi connectivity index (χ4n) is 2.94. The van der Waals surface area contributed by atoms with Crippen LogP contribution in [0, 0.1) is 5.41 Å². The number of rotatable bonds is 8. The fourth-order valence-corrected chi connectivity index (χ4v) is 4.93. The van der Waals surface area contributed by atoms with Crippen LogP contribution in [0.4, 0.5) is 13.2 Å². The Kier molecular flexibility index (Phi) is 6.77. The van der Waals surface area contributed by atoms with Gasteiger partial charge in [-0.05, 0) is 36.8 Å². The quantitative estimate of drug-likeness (QED) is 0.492. The maximum Gasteiger partial charge on any atom is 0.573 e. The van der Waals surface area contributed by atoms with Gasteiger partial charge in [0.1, 0.15) is 5.75 Å². The summed E-state index contributed by atoms with van der Waals surface area (Å²) in [5, 5.41) is 8.10. The minimum absolute atomic E-state index is 0.0443. The lowest BCUT2D eigenvalue weighted by Crippen LogP contribution is -2.18. The third-order valence-electron chi connectivity index (χ3n) is 4.32. The van der Waals surface area contributed by atoms with E-state index in [1.165, 1.54) is 18.2 Å². The number of thiazole rings is 1. The third kappa shape index (κ3) is 5.37. The van der Waals surface area contributed by atoms with Gasteiger partial charge >= 0.3 is 6.36 Å². The number of carbonyl (C=O) groups excluding carboxylic acids is 1. The molecule has 1 aromatic heterocycles. The molecule has 10 heteroatoms. The fraction of sp³-hybridized carbons (Fsp3) is 0.300. The number of ether oxygens (including phenoxy) is 1. The van der Waals surface area contributed by atoms with E-state index < -0.39 is 17.2 Å². The molecule has 3 aromatic rings. The van der Waals surface area contributed by atoms with Crippen molar-refractivity contribution in [2.45, 2.75) is 37.6 Å². The van der Waals surface area contributed by atoms with E-state index in [9.17, 15) is 22.2 Å². The minimum atomic E-state index is -4.78. The number of halogens is 3. The molecule has 1 unspecified atom stereocenters. The topological polar surface area (TPSA) is 72.2 Å². The molecule has 0 spiro atoms. The first-order valence-electron chi connectivity index (χ1n) is 9.13. The number of ketones is 1. The van der Waals surface area contributed by atoms with Gasteiger partial charge in [-0.2, -0.15) is 0 Å². The number of aryl methyl sites for hydroxylation is 1. The van der Waals surface area contributed by atoms with Crippen LogP contribution in [0.1, 0.15) is 30.1 Å². The van der Waals surface area contributed by atoms with Gasteiger partial charge in [0.2, 0.25) is 0 Å². The van der Waals surface area contributed by atoms with Gasteiger partial charge in [0, 0.05) is 29.2 Å². The minimum Gasteiger partial charge on any atom is -0.406 e. The summed E-state index contributed by atoms with van der Waals surface area (Å²) in [4.78, 5) is 12.6. The summed E-state index contributed by atoms with van der Waals surface area (Å²) < 4.78 is 55.8. The molecule has 0 aliphatic carbocycles. The van der Waals surface area contributed by atoms with Crippen molar-refractivity contribution in [3.05, 3.63) is 52.8 Å². The van der Waals surface area contributed by atoms with E-state index in [1.807, 2.05) is 6.92 Å². The van der Waals surface area contributed by atoms with Gasteiger partial charge in [0.25, 0.3) is 0 Å². The molecule has 0 bridgehead atoms. The van der Waals surface area contributed by atoms with Crippen LogP contribution >= 0.6 is 11.3 Å². The Morgan fingerprint density at radius 1 is 1.20 bits per heavy atom. The summed E-state index contributed by atoms with van der Waals surface area (Å²) in [6.45, 7) is 2.19. The van der Waals surface area contributed by atoms with Crippen LogP contribution in [0.2, 0.25) is 0 Å². The number of nitrogens with zero attached hydrogens (tertiary/aromatic N) is 1. The Morgan fingerprint density at radius 2 is 1.90 bits per heavy atom. The predicted octanol–water partition coefficient (Wildman–Crippen LogP) is 4.87. The average molecular weight is 457 g/mol. The molecular weight excluding hydrogens is 437 g/mol. The standard InChI is InChI=1S/C20H19F3N2O3S2/c1-2-3-17(26)13-4-7-15(8-5-13)30(27)11-10-25-16-9-6-14(28-20(21,22)23)12-18(16)29-19(25)24/h4-9,12,24H,2-3,10-11H2,1H3. The van der Waals surface area contributed by atoms with Crippen LogP contribution < -0.4 is 9.54 Å². The van der Waals surface area contributed by atoms with Crippen LogP contribution in [0.3, 0.4) is 0 Å². The molecule has 0 aliphatic rings. The van der Waals surface area contributed by atoms with Gasteiger partial charge < -0.3 is 9.30 Å².